The Labute approximate surface area is 225 Å². The van der Waals surface area contributed by atoms with Gasteiger partial charge < -0.3 is 41.9 Å². The summed E-state index contributed by atoms with van der Waals surface area (Å²) in [5.41, 5.74) is 8.47. The van der Waals surface area contributed by atoms with Crippen LogP contribution in [0, 0.1) is 5.92 Å². The molecule has 0 saturated carbocycles. The van der Waals surface area contributed by atoms with Crippen LogP contribution in [0.4, 0.5) is 0 Å². The maximum Gasteiger partial charge on any atom is 0.328 e. The summed E-state index contributed by atoms with van der Waals surface area (Å²) >= 11 is 0. The number of aromatic amines is 2. The van der Waals surface area contributed by atoms with Gasteiger partial charge in [0.1, 0.15) is 12.1 Å². The van der Waals surface area contributed by atoms with E-state index in [4.69, 9.17) is 5.73 Å². The molecular formula is C26H35N7O6. The van der Waals surface area contributed by atoms with Gasteiger partial charge in [-0.15, -0.1) is 0 Å². The molecule has 13 nitrogen and oxygen atoms in total. The number of fused-ring (bicyclic) bond motifs is 1. The van der Waals surface area contributed by atoms with Crippen molar-refractivity contribution in [2.24, 2.45) is 11.7 Å². The Morgan fingerprint density at radius 2 is 1.64 bits per heavy atom. The molecule has 2 heterocycles. The summed E-state index contributed by atoms with van der Waals surface area (Å²) in [7, 11) is 0. The number of aromatic nitrogens is 3. The van der Waals surface area contributed by atoms with Gasteiger partial charge in [0.25, 0.3) is 0 Å². The van der Waals surface area contributed by atoms with Crippen molar-refractivity contribution in [3.8, 4) is 0 Å². The molecule has 3 amide bonds. The van der Waals surface area contributed by atoms with Gasteiger partial charge in [0, 0.05) is 35.4 Å². The number of nitrogens with two attached hydrogens (primary N) is 1. The van der Waals surface area contributed by atoms with Gasteiger partial charge in [0.15, 0.2) is 6.04 Å². The molecule has 0 aliphatic rings. The molecule has 0 radical (unpaired) electrons. The third-order valence-electron chi connectivity index (χ3n) is 6.36. The van der Waals surface area contributed by atoms with Crippen molar-refractivity contribution in [1.29, 1.82) is 0 Å². The minimum atomic E-state index is -1.58. The maximum absolute atomic E-state index is 13.3. The van der Waals surface area contributed by atoms with Crippen molar-refractivity contribution in [3.05, 3.63) is 54.2 Å². The summed E-state index contributed by atoms with van der Waals surface area (Å²) < 4.78 is 0. The SMILES string of the molecule is CC(C)C(NC(=O)C(N)Cc1c[nH]c2ccccc12)C(=O)NC(Cc1cnc[nH]1)C(=O)NC(C(=O)O)C(C)O. The first-order valence-electron chi connectivity index (χ1n) is 12.6. The van der Waals surface area contributed by atoms with Crippen LogP contribution in [0.25, 0.3) is 10.9 Å². The first-order chi connectivity index (χ1) is 18.5. The Hall–Kier alpha value is -4.23. The van der Waals surface area contributed by atoms with Crippen LogP contribution >= 0.6 is 0 Å². The zero-order chi connectivity index (χ0) is 28.7. The van der Waals surface area contributed by atoms with E-state index in [2.05, 4.69) is 30.9 Å². The van der Waals surface area contributed by atoms with Crippen LogP contribution in [-0.4, -0.2) is 79.1 Å². The van der Waals surface area contributed by atoms with E-state index in [1.54, 1.807) is 20.0 Å². The number of nitrogens with one attached hydrogen (secondary N) is 5. The van der Waals surface area contributed by atoms with Gasteiger partial charge in [-0.1, -0.05) is 32.0 Å². The minimum absolute atomic E-state index is 0.0391. The standard InChI is InChI=1S/C26H35N7O6/c1-13(2)21(32-23(35)18(27)8-15-10-29-19-7-5-4-6-17(15)19)25(37)31-20(9-16-11-28-12-30-16)24(36)33-22(14(3)34)26(38)39/h4-7,10-14,18,20-22,29,34H,8-9,27H2,1-3H3,(H,28,30)(H,31,37)(H,32,35)(H,33,36)(H,38,39). The number of hydrogen-bond acceptors (Lipinski definition) is 7. The summed E-state index contributed by atoms with van der Waals surface area (Å²) in [6, 6.07) is 2.85. The van der Waals surface area contributed by atoms with Gasteiger partial charge in [-0.05, 0) is 30.9 Å². The van der Waals surface area contributed by atoms with Gasteiger partial charge in [0.2, 0.25) is 17.7 Å². The Kier molecular flexibility index (Phi) is 9.79. The Morgan fingerprint density at radius 3 is 2.26 bits per heavy atom. The second-order valence-electron chi connectivity index (χ2n) is 9.81. The second-order valence-corrected chi connectivity index (χ2v) is 9.81. The molecule has 5 unspecified atom stereocenters. The summed E-state index contributed by atoms with van der Waals surface area (Å²) in [6.45, 7) is 4.69. The highest BCUT2D eigenvalue weighted by Crippen LogP contribution is 2.19. The van der Waals surface area contributed by atoms with Crippen molar-refractivity contribution in [2.45, 2.75) is 63.9 Å². The molecule has 210 valence electrons. The highest BCUT2D eigenvalue weighted by Gasteiger charge is 2.33. The number of carboxylic acid groups (broad SMARTS) is 1. The molecule has 0 aliphatic carbocycles. The molecule has 0 bridgehead atoms. The molecule has 3 aromatic rings. The number of para-hydroxylation sites is 1. The van der Waals surface area contributed by atoms with Crippen LogP contribution in [0.15, 0.2) is 43.0 Å². The molecular weight excluding hydrogens is 506 g/mol. The fraction of sp³-hybridized carbons (Fsp3) is 0.423. The molecule has 1 aromatic carbocycles. The molecule has 13 heteroatoms. The van der Waals surface area contributed by atoms with Gasteiger partial charge in [0.05, 0.1) is 18.5 Å². The fourth-order valence-corrected chi connectivity index (χ4v) is 4.15. The lowest BCUT2D eigenvalue weighted by atomic mass is 10.00. The number of aliphatic hydroxyl groups is 1. The maximum atomic E-state index is 13.3. The average molecular weight is 542 g/mol. The number of imidazole rings is 1. The van der Waals surface area contributed by atoms with Crippen LogP contribution in [0.5, 0.6) is 0 Å². The number of carboxylic acids is 1. The molecule has 0 spiro atoms. The van der Waals surface area contributed by atoms with Crippen molar-refractivity contribution in [2.75, 3.05) is 0 Å². The second kappa shape index (κ2) is 13.0. The van der Waals surface area contributed by atoms with Crippen molar-refractivity contribution >= 4 is 34.6 Å². The average Bonchev–Trinajstić information content (AvgIpc) is 3.54. The van der Waals surface area contributed by atoms with Crippen molar-refractivity contribution in [3.63, 3.8) is 0 Å². The van der Waals surface area contributed by atoms with E-state index in [9.17, 15) is 29.4 Å². The van der Waals surface area contributed by atoms with E-state index >= 15 is 0 Å². The Balaban J connectivity index is 1.71. The van der Waals surface area contributed by atoms with Gasteiger partial charge in [-0.2, -0.15) is 0 Å². The number of carbonyl (C=O) groups excluding carboxylic acids is 3. The summed E-state index contributed by atoms with van der Waals surface area (Å²) in [4.78, 5) is 60.6. The topological polar surface area (TPSA) is 215 Å². The molecule has 39 heavy (non-hydrogen) atoms. The zero-order valence-electron chi connectivity index (χ0n) is 22.0. The van der Waals surface area contributed by atoms with Gasteiger partial charge in [-0.3, -0.25) is 14.4 Å². The zero-order valence-corrected chi connectivity index (χ0v) is 22.0. The van der Waals surface area contributed by atoms with Crippen LogP contribution in [0.2, 0.25) is 0 Å². The van der Waals surface area contributed by atoms with Gasteiger partial charge >= 0.3 is 5.97 Å². The molecule has 0 aliphatic heterocycles. The quantitative estimate of drug-likeness (QED) is 0.142. The predicted octanol–water partition coefficient (Wildman–Crippen LogP) is -0.421. The molecule has 9 N–H and O–H groups in total. The molecule has 3 rings (SSSR count). The van der Waals surface area contributed by atoms with E-state index < -0.39 is 54.0 Å². The van der Waals surface area contributed by atoms with Gasteiger partial charge in [-0.25, -0.2) is 9.78 Å². The van der Waals surface area contributed by atoms with E-state index in [-0.39, 0.29) is 18.8 Å². The van der Waals surface area contributed by atoms with Crippen molar-refractivity contribution < 1.29 is 29.4 Å². The lowest BCUT2D eigenvalue weighted by Gasteiger charge is -2.27. The lowest BCUT2D eigenvalue weighted by molar-refractivity contribution is -0.145. The molecule has 0 saturated heterocycles. The lowest BCUT2D eigenvalue weighted by Crippen LogP contribution is -2.59. The minimum Gasteiger partial charge on any atom is -0.480 e. The number of carbonyl (C=O) groups is 4. The smallest absolute Gasteiger partial charge is 0.328 e. The van der Waals surface area contributed by atoms with Crippen LogP contribution < -0.4 is 21.7 Å². The fourth-order valence-electron chi connectivity index (χ4n) is 4.15. The predicted molar refractivity (Wildman–Crippen MR) is 142 cm³/mol. The number of aliphatic carboxylic acids is 1. The highest BCUT2D eigenvalue weighted by molar-refractivity contribution is 5.94. The summed E-state index contributed by atoms with van der Waals surface area (Å²) in [5, 5.41) is 27.6. The van der Waals surface area contributed by atoms with E-state index in [0.29, 0.717) is 5.69 Å². The van der Waals surface area contributed by atoms with Crippen LogP contribution in [0.3, 0.4) is 0 Å². The molecule has 2 aromatic heterocycles. The number of amides is 3. The van der Waals surface area contributed by atoms with Crippen LogP contribution in [0.1, 0.15) is 32.0 Å². The number of rotatable bonds is 13. The van der Waals surface area contributed by atoms with Crippen LogP contribution in [-0.2, 0) is 32.0 Å². The third kappa shape index (κ3) is 7.65. The number of benzene rings is 1. The number of hydrogen-bond donors (Lipinski definition) is 8. The Bertz CT molecular complexity index is 1290. The van der Waals surface area contributed by atoms with E-state index in [1.165, 1.54) is 19.4 Å². The molecule has 0 fully saturated rings. The number of H-pyrrole nitrogens is 2. The van der Waals surface area contributed by atoms with E-state index in [1.807, 2.05) is 24.3 Å². The summed E-state index contributed by atoms with van der Waals surface area (Å²) in [5.74, 6) is -3.81. The first-order valence-corrected chi connectivity index (χ1v) is 12.6. The largest absolute Gasteiger partial charge is 0.480 e. The monoisotopic (exact) mass is 541 g/mol. The number of aliphatic hydroxyl groups excluding tert-OH is 1. The normalized spacial score (nSPS) is 15.2. The first kappa shape index (κ1) is 29.3. The third-order valence-corrected chi connectivity index (χ3v) is 6.36. The molecule has 5 atom stereocenters. The van der Waals surface area contributed by atoms with Crippen molar-refractivity contribution in [1.82, 2.24) is 30.9 Å². The summed E-state index contributed by atoms with van der Waals surface area (Å²) in [6.07, 6.45) is 3.47. The Morgan fingerprint density at radius 1 is 0.949 bits per heavy atom. The number of nitrogens with zero attached hydrogens (tertiary/aromatic N) is 1. The van der Waals surface area contributed by atoms with E-state index in [0.717, 1.165) is 16.5 Å². The highest BCUT2D eigenvalue weighted by atomic mass is 16.4.